The maximum absolute atomic E-state index is 13.8. The first-order valence-electron chi connectivity index (χ1n) is 5.63. The molecule has 1 nitrogen and oxygen atoms in total. The Morgan fingerprint density at radius 2 is 1.78 bits per heavy atom. The average Bonchev–Trinajstić information content (AvgIpc) is 2.41. The Labute approximate surface area is 105 Å². The smallest absolute Gasteiger partial charge is 0.166 e. The molecule has 18 heavy (non-hydrogen) atoms. The van der Waals surface area contributed by atoms with Crippen molar-refractivity contribution in [3.05, 3.63) is 65.7 Å². The van der Waals surface area contributed by atoms with Gasteiger partial charge < -0.3 is 5.73 Å². The van der Waals surface area contributed by atoms with Crippen molar-refractivity contribution in [1.82, 2.24) is 0 Å². The summed E-state index contributed by atoms with van der Waals surface area (Å²) in [5.41, 5.74) is 6.84. The predicted molar refractivity (Wildman–Crippen MR) is 69.9 cm³/mol. The van der Waals surface area contributed by atoms with E-state index in [-0.39, 0.29) is 5.56 Å². The molecule has 92 valence electrons. The van der Waals surface area contributed by atoms with Crippen LogP contribution in [0.1, 0.15) is 5.56 Å². The van der Waals surface area contributed by atoms with E-state index >= 15 is 0 Å². The Morgan fingerprint density at radius 3 is 2.44 bits per heavy atom. The van der Waals surface area contributed by atoms with Crippen LogP contribution in [0.15, 0.2) is 48.5 Å². The molecule has 0 aliphatic rings. The highest BCUT2D eigenvalue weighted by Crippen LogP contribution is 2.26. The summed E-state index contributed by atoms with van der Waals surface area (Å²) in [7, 11) is 0. The Kier molecular flexibility index (Phi) is 3.85. The van der Waals surface area contributed by atoms with E-state index in [4.69, 9.17) is 5.73 Å². The molecule has 0 unspecified atom stereocenters. The summed E-state index contributed by atoms with van der Waals surface area (Å²) in [5.74, 6) is -1.68. The first-order chi connectivity index (χ1) is 8.72. The molecule has 0 amide bonds. The van der Waals surface area contributed by atoms with E-state index in [1.165, 1.54) is 0 Å². The molecule has 0 fully saturated rings. The molecule has 0 radical (unpaired) electrons. The average molecular weight is 245 g/mol. The molecule has 2 N–H and O–H groups in total. The minimum Gasteiger partial charge on any atom is -0.327 e. The molecule has 0 saturated carbocycles. The SMILES string of the molecule is NC/C=C/c1cc(F)c(F)c(-c2ccccc2)c1. The van der Waals surface area contributed by atoms with Crippen LogP contribution in [0.2, 0.25) is 0 Å². The zero-order valence-corrected chi connectivity index (χ0v) is 9.74. The zero-order valence-electron chi connectivity index (χ0n) is 9.74. The van der Waals surface area contributed by atoms with Gasteiger partial charge in [0.25, 0.3) is 0 Å². The van der Waals surface area contributed by atoms with Gasteiger partial charge in [-0.2, -0.15) is 0 Å². The van der Waals surface area contributed by atoms with E-state index in [1.807, 2.05) is 6.07 Å². The number of nitrogens with two attached hydrogens (primary N) is 1. The molecule has 0 saturated heterocycles. The van der Waals surface area contributed by atoms with Crippen molar-refractivity contribution in [1.29, 1.82) is 0 Å². The number of benzene rings is 2. The third-order valence-corrected chi connectivity index (χ3v) is 2.58. The summed E-state index contributed by atoms with van der Waals surface area (Å²) in [6.07, 6.45) is 3.37. The van der Waals surface area contributed by atoms with Crippen molar-refractivity contribution < 1.29 is 8.78 Å². The molecule has 0 spiro atoms. The van der Waals surface area contributed by atoms with Crippen LogP contribution in [0.3, 0.4) is 0 Å². The first kappa shape index (κ1) is 12.5. The highest BCUT2D eigenvalue weighted by atomic mass is 19.2. The molecule has 2 aromatic carbocycles. The van der Waals surface area contributed by atoms with Gasteiger partial charge in [0, 0.05) is 12.1 Å². The Bertz CT molecular complexity index is 562. The Hall–Kier alpha value is -2.00. The van der Waals surface area contributed by atoms with Gasteiger partial charge in [0.15, 0.2) is 11.6 Å². The van der Waals surface area contributed by atoms with Gasteiger partial charge in [0.2, 0.25) is 0 Å². The van der Waals surface area contributed by atoms with E-state index < -0.39 is 11.6 Å². The standard InChI is InChI=1S/C15H13F2N/c16-14-10-11(5-4-8-18)9-13(15(14)17)12-6-2-1-3-7-12/h1-7,9-10H,8,18H2/b5-4+. The van der Waals surface area contributed by atoms with Crippen LogP contribution in [-0.2, 0) is 0 Å². The third kappa shape index (κ3) is 2.63. The monoisotopic (exact) mass is 245 g/mol. The van der Waals surface area contributed by atoms with E-state index in [9.17, 15) is 8.78 Å². The Morgan fingerprint density at radius 1 is 1.06 bits per heavy atom. The molecular weight excluding hydrogens is 232 g/mol. The van der Waals surface area contributed by atoms with Gasteiger partial charge in [0.1, 0.15) is 0 Å². The molecule has 0 heterocycles. The lowest BCUT2D eigenvalue weighted by molar-refractivity contribution is 0.511. The lowest BCUT2D eigenvalue weighted by Gasteiger charge is -2.06. The topological polar surface area (TPSA) is 26.0 Å². The quantitative estimate of drug-likeness (QED) is 0.878. The lowest BCUT2D eigenvalue weighted by Crippen LogP contribution is -1.94. The minimum atomic E-state index is -0.854. The largest absolute Gasteiger partial charge is 0.327 e. The fourth-order valence-corrected chi connectivity index (χ4v) is 1.74. The fourth-order valence-electron chi connectivity index (χ4n) is 1.74. The van der Waals surface area contributed by atoms with Crippen molar-refractivity contribution in [3.8, 4) is 11.1 Å². The van der Waals surface area contributed by atoms with Crippen LogP contribution in [0.25, 0.3) is 17.2 Å². The van der Waals surface area contributed by atoms with E-state index in [0.29, 0.717) is 17.7 Å². The van der Waals surface area contributed by atoms with Crippen LogP contribution in [0, 0.1) is 11.6 Å². The maximum atomic E-state index is 13.8. The molecule has 2 aromatic rings. The highest BCUT2D eigenvalue weighted by Gasteiger charge is 2.11. The Balaban J connectivity index is 2.53. The summed E-state index contributed by atoms with van der Waals surface area (Å²) in [4.78, 5) is 0. The summed E-state index contributed by atoms with van der Waals surface area (Å²) in [6, 6.07) is 11.7. The first-order valence-corrected chi connectivity index (χ1v) is 5.63. The van der Waals surface area contributed by atoms with Crippen molar-refractivity contribution in [2.75, 3.05) is 6.54 Å². The summed E-state index contributed by atoms with van der Waals surface area (Å²) in [5, 5.41) is 0. The van der Waals surface area contributed by atoms with Gasteiger partial charge in [0.05, 0.1) is 0 Å². The van der Waals surface area contributed by atoms with Crippen LogP contribution in [-0.4, -0.2) is 6.54 Å². The van der Waals surface area contributed by atoms with E-state index in [1.54, 1.807) is 42.5 Å². The molecule has 3 heteroatoms. The lowest BCUT2D eigenvalue weighted by atomic mass is 10.0. The number of hydrogen-bond acceptors (Lipinski definition) is 1. The summed E-state index contributed by atoms with van der Waals surface area (Å²) >= 11 is 0. The highest BCUT2D eigenvalue weighted by molar-refractivity contribution is 5.68. The summed E-state index contributed by atoms with van der Waals surface area (Å²) < 4.78 is 27.3. The van der Waals surface area contributed by atoms with Crippen molar-refractivity contribution in [2.45, 2.75) is 0 Å². The number of hydrogen-bond donors (Lipinski definition) is 1. The number of halogens is 2. The second kappa shape index (κ2) is 5.56. The van der Waals surface area contributed by atoms with E-state index in [0.717, 1.165) is 6.07 Å². The van der Waals surface area contributed by atoms with Gasteiger partial charge in [-0.25, -0.2) is 8.78 Å². The van der Waals surface area contributed by atoms with Crippen molar-refractivity contribution >= 4 is 6.08 Å². The number of rotatable bonds is 3. The van der Waals surface area contributed by atoms with Gasteiger partial charge in [-0.15, -0.1) is 0 Å². The fraction of sp³-hybridized carbons (Fsp3) is 0.0667. The predicted octanol–water partition coefficient (Wildman–Crippen LogP) is 3.60. The summed E-state index contributed by atoms with van der Waals surface area (Å²) in [6.45, 7) is 0.361. The van der Waals surface area contributed by atoms with Crippen LogP contribution in [0.5, 0.6) is 0 Å². The zero-order chi connectivity index (χ0) is 13.0. The second-order valence-electron chi connectivity index (χ2n) is 3.87. The maximum Gasteiger partial charge on any atom is 0.166 e. The van der Waals surface area contributed by atoms with Crippen LogP contribution >= 0.6 is 0 Å². The normalized spacial score (nSPS) is 11.1. The van der Waals surface area contributed by atoms with Gasteiger partial charge in [-0.3, -0.25) is 0 Å². The van der Waals surface area contributed by atoms with Crippen molar-refractivity contribution in [2.24, 2.45) is 5.73 Å². The molecule has 0 aromatic heterocycles. The van der Waals surface area contributed by atoms with E-state index in [2.05, 4.69) is 0 Å². The second-order valence-corrected chi connectivity index (χ2v) is 3.87. The van der Waals surface area contributed by atoms with Crippen molar-refractivity contribution in [3.63, 3.8) is 0 Å². The van der Waals surface area contributed by atoms with Crippen LogP contribution < -0.4 is 5.73 Å². The third-order valence-electron chi connectivity index (χ3n) is 2.58. The molecule has 0 aliphatic heterocycles. The molecule has 0 bridgehead atoms. The molecule has 0 atom stereocenters. The van der Waals surface area contributed by atoms with Gasteiger partial charge in [-0.05, 0) is 23.3 Å². The molecule has 2 rings (SSSR count). The van der Waals surface area contributed by atoms with Crippen LogP contribution in [0.4, 0.5) is 8.78 Å². The molecule has 0 aliphatic carbocycles. The van der Waals surface area contributed by atoms with Gasteiger partial charge >= 0.3 is 0 Å². The molecular formula is C15H13F2N. The van der Waals surface area contributed by atoms with Gasteiger partial charge in [-0.1, -0.05) is 42.5 Å². The minimum absolute atomic E-state index is 0.257.